The van der Waals surface area contributed by atoms with Crippen LogP contribution in [0.4, 0.5) is 5.69 Å². The number of non-ortho nitro benzene ring substituents is 1. The van der Waals surface area contributed by atoms with Crippen molar-refractivity contribution in [1.29, 1.82) is 0 Å². The number of allylic oxidation sites excluding steroid dienone is 4. The molecule has 1 saturated carbocycles. The Morgan fingerprint density at radius 1 is 1.03 bits per heavy atom. The Bertz CT molecular complexity index is 1320. The van der Waals surface area contributed by atoms with E-state index in [0.717, 1.165) is 12.0 Å². The molecular weight excluding hydrogens is 430 g/mol. The van der Waals surface area contributed by atoms with Gasteiger partial charge in [0.25, 0.3) is 5.69 Å². The van der Waals surface area contributed by atoms with E-state index in [1.807, 2.05) is 26.0 Å². The summed E-state index contributed by atoms with van der Waals surface area (Å²) in [6.07, 6.45) is 5.06. The number of rotatable bonds is 3. The van der Waals surface area contributed by atoms with Gasteiger partial charge in [0, 0.05) is 40.0 Å². The molecule has 0 amide bonds. The van der Waals surface area contributed by atoms with Crippen LogP contribution in [0.15, 0.2) is 56.8 Å². The van der Waals surface area contributed by atoms with Crippen molar-refractivity contribution >= 4 is 5.69 Å². The summed E-state index contributed by atoms with van der Waals surface area (Å²) in [5, 5.41) is 11.2. The standard InChI is InChI=1S/C28H31NO5/c1-15-11-16(2)25-27(6,12-15)26(20-7-9-21(10-8-20)29(31)32)28(25)13-22(33-14-28)24-18(4)23(30)17(3)19(5)34-24/h7-12,22,25-26H,13-14H2,1-6H3/t22-,25+,26-,27-,28-/m1/s1. The average Bonchev–Trinajstić information content (AvgIpc) is 3.20. The fourth-order valence-electron chi connectivity index (χ4n) is 7.51. The fourth-order valence-corrected chi connectivity index (χ4v) is 7.51. The molecule has 5 rings (SSSR count). The zero-order valence-corrected chi connectivity index (χ0v) is 20.6. The average molecular weight is 462 g/mol. The number of nitro groups is 1. The van der Waals surface area contributed by atoms with E-state index < -0.39 is 0 Å². The summed E-state index contributed by atoms with van der Waals surface area (Å²) in [6.45, 7) is 12.6. The SMILES string of the molecule is CC1=C[C@@]2(C)[C@@H](c3ccc([N+](=O)[O-])cc3)[C@]3(CO[C@@H](c4oc(C)c(C)c(=O)c4C)C3)[C@H]2C(C)=C1. The van der Waals surface area contributed by atoms with Crippen molar-refractivity contribution in [3.63, 3.8) is 0 Å². The van der Waals surface area contributed by atoms with E-state index in [-0.39, 0.29) is 44.8 Å². The van der Waals surface area contributed by atoms with Crippen LogP contribution in [0.3, 0.4) is 0 Å². The molecule has 3 aliphatic rings. The van der Waals surface area contributed by atoms with E-state index in [9.17, 15) is 14.9 Å². The first-order valence-electron chi connectivity index (χ1n) is 11.8. The van der Waals surface area contributed by atoms with Crippen molar-refractivity contribution in [1.82, 2.24) is 0 Å². The number of hydrogen-bond acceptors (Lipinski definition) is 5. The molecular formula is C28H31NO5. The summed E-state index contributed by atoms with van der Waals surface area (Å²) >= 11 is 0. The van der Waals surface area contributed by atoms with E-state index in [4.69, 9.17) is 9.15 Å². The van der Waals surface area contributed by atoms with Crippen LogP contribution < -0.4 is 5.43 Å². The lowest BCUT2D eigenvalue weighted by Gasteiger charge is -2.67. The molecule has 2 heterocycles. The molecule has 0 N–H and O–H groups in total. The largest absolute Gasteiger partial charge is 0.463 e. The quantitative estimate of drug-likeness (QED) is 0.399. The Hall–Kier alpha value is -2.99. The summed E-state index contributed by atoms with van der Waals surface area (Å²) in [5.41, 5.74) is 4.73. The van der Waals surface area contributed by atoms with Gasteiger partial charge in [-0.3, -0.25) is 14.9 Å². The van der Waals surface area contributed by atoms with Gasteiger partial charge in [0.1, 0.15) is 17.6 Å². The molecule has 0 radical (unpaired) electrons. The molecule has 2 fully saturated rings. The van der Waals surface area contributed by atoms with Gasteiger partial charge in [-0.1, -0.05) is 42.4 Å². The molecule has 1 saturated heterocycles. The first kappa shape index (κ1) is 22.8. The van der Waals surface area contributed by atoms with Crippen LogP contribution in [0.5, 0.6) is 0 Å². The van der Waals surface area contributed by atoms with Gasteiger partial charge in [-0.25, -0.2) is 0 Å². The van der Waals surface area contributed by atoms with Gasteiger partial charge in [-0.2, -0.15) is 0 Å². The zero-order chi connectivity index (χ0) is 24.6. The Kier molecular flexibility index (Phi) is 5.03. The summed E-state index contributed by atoms with van der Waals surface area (Å²) in [5.74, 6) is 1.68. The lowest BCUT2D eigenvalue weighted by molar-refractivity contribution is -0.384. The minimum absolute atomic E-state index is 0.0148. The summed E-state index contributed by atoms with van der Waals surface area (Å²) in [7, 11) is 0. The molecule has 0 bridgehead atoms. The van der Waals surface area contributed by atoms with Gasteiger partial charge in [0.05, 0.1) is 11.5 Å². The van der Waals surface area contributed by atoms with Crippen LogP contribution >= 0.6 is 0 Å². The summed E-state index contributed by atoms with van der Waals surface area (Å²) < 4.78 is 12.5. The summed E-state index contributed by atoms with van der Waals surface area (Å²) in [6, 6.07) is 7.00. The molecule has 34 heavy (non-hydrogen) atoms. The van der Waals surface area contributed by atoms with Crippen LogP contribution in [0.1, 0.15) is 67.4 Å². The zero-order valence-electron chi connectivity index (χ0n) is 20.6. The second-order valence-electron chi connectivity index (χ2n) is 10.7. The van der Waals surface area contributed by atoms with Gasteiger partial charge in [-0.15, -0.1) is 0 Å². The first-order chi connectivity index (χ1) is 16.0. The maximum Gasteiger partial charge on any atom is 0.269 e. The third-order valence-electron chi connectivity index (χ3n) is 8.53. The minimum Gasteiger partial charge on any atom is -0.463 e. The van der Waals surface area contributed by atoms with Gasteiger partial charge >= 0.3 is 0 Å². The van der Waals surface area contributed by atoms with Crippen LogP contribution in [0.25, 0.3) is 0 Å². The van der Waals surface area contributed by atoms with Gasteiger partial charge in [0.15, 0.2) is 5.43 Å². The highest BCUT2D eigenvalue weighted by Gasteiger charge is 2.71. The van der Waals surface area contributed by atoms with Crippen molar-refractivity contribution in [2.24, 2.45) is 16.7 Å². The number of hydrogen-bond donors (Lipinski definition) is 0. The van der Waals surface area contributed by atoms with Crippen LogP contribution in [0.2, 0.25) is 0 Å². The molecule has 0 unspecified atom stereocenters. The monoisotopic (exact) mass is 461 g/mol. The molecule has 1 aliphatic heterocycles. The first-order valence-corrected chi connectivity index (χ1v) is 11.8. The third kappa shape index (κ3) is 3.01. The highest BCUT2D eigenvalue weighted by Crippen LogP contribution is 2.76. The lowest BCUT2D eigenvalue weighted by Crippen LogP contribution is -2.62. The fraction of sp³-hybridized carbons (Fsp3) is 0.464. The number of nitro benzene ring substituents is 1. The number of nitrogens with zero attached hydrogens (tertiary/aromatic N) is 1. The Labute approximate surface area is 199 Å². The van der Waals surface area contributed by atoms with E-state index in [1.165, 1.54) is 11.1 Å². The number of benzene rings is 1. The molecule has 1 aromatic carbocycles. The Balaban J connectivity index is 1.60. The van der Waals surface area contributed by atoms with E-state index in [0.29, 0.717) is 29.3 Å². The lowest BCUT2D eigenvalue weighted by atomic mass is 9.35. The normalized spacial score (nSPS) is 32.1. The number of aryl methyl sites for hydroxylation is 1. The summed E-state index contributed by atoms with van der Waals surface area (Å²) in [4.78, 5) is 23.6. The third-order valence-corrected chi connectivity index (χ3v) is 8.53. The van der Waals surface area contributed by atoms with E-state index in [2.05, 4.69) is 32.9 Å². The highest BCUT2D eigenvalue weighted by molar-refractivity contribution is 5.48. The molecule has 178 valence electrons. The topological polar surface area (TPSA) is 82.6 Å². The van der Waals surface area contributed by atoms with Crippen LogP contribution in [0, 0.1) is 47.6 Å². The molecule has 2 aliphatic carbocycles. The van der Waals surface area contributed by atoms with Crippen molar-refractivity contribution in [2.75, 3.05) is 6.61 Å². The van der Waals surface area contributed by atoms with E-state index in [1.54, 1.807) is 19.1 Å². The maximum atomic E-state index is 12.8. The van der Waals surface area contributed by atoms with Crippen molar-refractivity contribution < 1.29 is 14.1 Å². The van der Waals surface area contributed by atoms with Crippen molar-refractivity contribution in [3.8, 4) is 0 Å². The molecule has 2 aromatic rings. The van der Waals surface area contributed by atoms with Crippen molar-refractivity contribution in [2.45, 2.75) is 60.0 Å². The van der Waals surface area contributed by atoms with Crippen molar-refractivity contribution in [3.05, 3.63) is 96.1 Å². The maximum absolute atomic E-state index is 12.8. The van der Waals surface area contributed by atoms with Gasteiger partial charge in [0.2, 0.25) is 0 Å². The predicted molar refractivity (Wildman–Crippen MR) is 130 cm³/mol. The number of fused-ring (bicyclic) bond motifs is 2. The van der Waals surface area contributed by atoms with Gasteiger partial charge in [-0.05, 0) is 52.5 Å². The van der Waals surface area contributed by atoms with Crippen LogP contribution in [-0.2, 0) is 4.74 Å². The Morgan fingerprint density at radius 3 is 2.35 bits per heavy atom. The molecule has 5 atom stereocenters. The second kappa shape index (κ2) is 7.51. The molecule has 6 heteroatoms. The molecule has 6 nitrogen and oxygen atoms in total. The minimum atomic E-state index is -0.360. The predicted octanol–water partition coefficient (Wildman–Crippen LogP) is 6.25. The second-order valence-corrected chi connectivity index (χ2v) is 10.7. The highest BCUT2D eigenvalue weighted by atomic mass is 16.6. The molecule has 1 spiro atoms. The molecule has 1 aromatic heterocycles. The van der Waals surface area contributed by atoms with Crippen LogP contribution in [-0.4, -0.2) is 11.5 Å². The Morgan fingerprint density at radius 2 is 1.71 bits per heavy atom. The van der Waals surface area contributed by atoms with Gasteiger partial charge < -0.3 is 9.15 Å². The number of ether oxygens (including phenoxy) is 1. The van der Waals surface area contributed by atoms with E-state index >= 15 is 0 Å². The smallest absolute Gasteiger partial charge is 0.269 e.